The molecule has 0 bridgehead atoms. The van der Waals surface area contributed by atoms with E-state index in [0.29, 0.717) is 17.9 Å². The van der Waals surface area contributed by atoms with Crippen molar-refractivity contribution in [1.29, 1.82) is 0 Å². The average Bonchev–Trinajstić information content (AvgIpc) is 2.37. The quantitative estimate of drug-likeness (QED) is 0.740. The first-order chi connectivity index (χ1) is 9.02. The van der Waals surface area contributed by atoms with Crippen LogP contribution in [0.4, 0.5) is 5.82 Å². The van der Waals surface area contributed by atoms with Crippen molar-refractivity contribution < 1.29 is 14.7 Å². The Morgan fingerprint density at radius 1 is 1.47 bits per heavy atom. The average molecular weight is 263 g/mol. The van der Waals surface area contributed by atoms with Crippen LogP contribution in [0.2, 0.25) is 0 Å². The lowest BCUT2D eigenvalue weighted by Gasteiger charge is -2.17. The van der Waals surface area contributed by atoms with Crippen molar-refractivity contribution in [2.45, 2.75) is 6.92 Å². The van der Waals surface area contributed by atoms with Gasteiger partial charge in [0.2, 0.25) is 5.91 Å². The van der Waals surface area contributed by atoms with E-state index in [1.807, 2.05) is 6.92 Å². The summed E-state index contributed by atoms with van der Waals surface area (Å²) in [5.74, 6) is -0.419. The lowest BCUT2D eigenvalue weighted by Crippen LogP contribution is -2.35. The van der Waals surface area contributed by atoms with Crippen molar-refractivity contribution in [2.75, 3.05) is 25.0 Å². The molecule has 2 N–H and O–H groups in total. The molecule has 0 saturated carbocycles. The molecule has 0 fully saturated rings. The minimum Gasteiger partial charge on any atom is -0.478 e. The molecular weight excluding hydrogens is 246 g/mol. The number of hydrogen-bond acceptors (Lipinski definition) is 4. The highest BCUT2D eigenvalue weighted by Gasteiger charge is 2.07. The predicted octanol–water partition coefficient (Wildman–Crippen LogP) is 0.752. The molecule has 0 atom stereocenters. The molecule has 6 heteroatoms. The number of hydrogen-bond donors (Lipinski definition) is 2. The Balaban J connectivity index is 2.65. The van der Waals surface area contributed by atoms with E-state index in [4.69, 9.17) is 5.11 Å². The van der Waals surface area contributed by atoms with Gasteiger partial charge in [-0.3, -0.25) is 4.79 Å². The Morgan fingerprint density at radius 2 is 2.21 bits per heavy atom. The molecule has 1 aromatic heterocycles. The first-order valence-corrected chi connectivity index (χ1v) is 5.87. The summed E-state index contributed by atoms with van der Waals surface area (Å²) in [4.78, 5) is 27.7. The maximum Gasteiger partial charge on any atom is 0.328 e. The number of likely N-dealkylation sites (N-methyl/N-ethyl adjacent to an activating group) is 2. The molecule has 1 amide bonds. The fraction of sp³-hybridized carbons (Fsp3) is 0.308. The van der Waals surface area contributed by atoms with Crippen LogP contribution in [-0.4, -0.2) is 42.1 Å². The second kappa shape index (κ2) is 7.15. The van der Waals surface area contributed by atoms with Crippen molar-refractivity contribution >= 4 is 23.8 Å². The highest BCUT2D eigenvalue weighted by atomic mass is 16.4. The molecular formula is C13H17N3O3. The molecule has 1 rings (SSSR count). The number of aliphatic carboxylic acids is 1. The number of pyridine rings is 1. The zero-order valence-corrected chi connectivity index (χ0v) is 11.0. The standard InChI is InChI=1S/C13H17N3O3/c1-3-14-12(17)9-16(2)11-6-4-10(8-15-11)5-7-13(18)19/h4-8H,3,9H2,1-2H3,(H,14,17)(H,18,19)/b7-5+. The van der Waals surface area contributed by atoms with Crippen LogP contribution < -0.4 is 10.2 Å². The van der Waals surface area contributed by atoms with Crippen molar-refractivity contribution in [3.63, 3.8) is 0 Å². The second-order valence-corrected chi connectivity index (χ2v) is 3.93. The zero-order chi connectivity index (χ0) is 14.3. The lowest BCUT2D eigenvalue weighted by atomic mass is 10.2. The van der Waals surface area contributed by atoms with Crippen LogP contribution in [0, 0.1) is 0 Å². The summed E-state index contributed by atoms with van der Waals surface area (Å²) in [7, 11) is 1.77. The Labute approximate surface area is 111 Å². The number of carbonyl (C=O) groups is 2. The highest BCUT2D eigenvalue weighted by molar-refractivity contribution is 5.85. The number of rotatable bonds is 6. The van der Waals surface area contributed by atoms with E-state index in [1.165, 1.54) is 6.08 Å². The maximum absolute atomic E-state index is 11.4. The molecule has 6 nitrogen and oxygen atoms in total. The summed E-state index contributed by atoms with van der Waals surface area (Å²) in [6, 6.07) is 3.48. The molecule has 0 aliphatic heterocycles. The fourth-order valence-corrected chi connectivity index (χ4v) is 1.44. The molecule has 0 saturated heterocycles. The number of carboxylic acids is 1. The number of amides is 1. The third-order valence-corrected chi connectivity index (χ3v) is 2.33. The van der Waals surface area contributed by atoms with Gasteiger partial charge in [0, 0.05) is 25.9 Å². The molecule has 0 aliphatic rings. The SMILES string of the molecule is CCNC(=O)CN(C)c1ccc(/C=C/C(=O)O)cn1. The smallest absolute Gasteiger partial charge is 0.328 e. The largest absolute Gasteiger partial charge is 0.478 e. The Bertz CT molecular complexity index is 469. The summed E-state index contributed by atoms with van der Waals surface area (Å²) in [6.45, 7) is 2.68. The maximum atomic E-state index is 11.4. The fourth-order valence-electron chi connectivity index (χ4n) is 1.44. The van der Waals surface area contributed by atoms with Gasteiger partial charge in [-0.25, -0.2) is 9.78 Å². The third kappa shape index (κ3) is 5.20. The van der Waals surface area contributed by atoms with Gasteiger partial charge in [0.1, 0.15) is 5.82 Å². The van der Waals surface area contributed by atoms with Gasteiger partial charge in [0.25, 0.3) is 0 Å². The monoisotopic (exact) mass is 263 g/mol. The minimum atomic E-state index is -1.00. The van der Waals surface area contributed by atoms with Crippen molar-refractivity contribution in [3.05, 3.63) is 30.0 Å². The number of anilines is 1. The van der Waals surface area contributed by atoms with Gasteiger partial charge in [-0.2, -0.15) is 0 Å². The first kappa shape index (κ1) is 14.7. The van der Waals surface area contributed by atoms with Crippen molar-refractivity contribution in [3.8, 4) is 0 Å². The third-order valence-electron chi connectivity index (χ3n) is 2.33. The summed E-state index contributed by atoms with van der Waals surface area (Å²) >= 11 is 0. The van der Waals surface area contributed by atoms with Crippen molar-refractivity contribution in [2.24, 2.45) is 0 Å². The molecule has 19 heavy (non-hydrogen) atoms. The molecule has 0 unspecified atom stereocenters. The van der Waals surface area contributed by atoms with Crippen LogP contribution >= 0.6 is 0 Å². The Morgan fingerprint density at radius 3 is 2.74 bits per heavy atom. The van der Waals surface area contributed by atoms with Gasteiger partial charge in [-0.05, 0) is 30.7 Å². The van der Waals surface area contributed by atoms with Crippen molar-refractivity contribution in [1.82, 2.24) is 10.3 Å². The van der Waals surface area contributed by atoms with Gasteiger partial charge < -0.3 is 15.3 Å². The molecule has 0 aromatic carbocycles. The van der Waals surface area contributed by atoms with E-state index in [1.54, 1.807) is 30.3 Å². The van der Waals surface area contributed by atoms with E-state index < -0.39 is 5.97 Å². The molecule has 1 heterocycles. The van der Waals surface area contributed by atoms with E-state index >= 15 is 0 Å². The molecule has 1 aromatic rings. The second-order valence-electron chi connectivity index (χ2n) is 3.93. The summed E-state index contributed by atoms with van der Waals surface area (Å²) < 4.78 is 0. The minimum absolute atomic E-state index is 0.0679. The van der Waals surface area contributed by atoms with Gasteiger partial charge >= 0.3 is 5.97 Å². The number of nitrogens with one attached hydrogen (secondary N) is 1. The van der Waals surface area contributed by atoms with Gasteiger partial charge in [-0.1, -0.05) is 0 Å². The number of carbonyl (C=O) groups excluding carboxylic acids is 1. The summed E-state index contributed by atoms with van der Waals surface area (Å²) in [5, 5.41) is 11.2. The summed E-state index contributed by atoms with van der Waals surface area (Å²) in [5.41, 5.74) is 0.692. The molecule has 0 radical (unpaired) electrons. The Hall–Kier alpha value is -2.37. The number of aromatic nitrogens is 1. The van der Waals surface area contributed by atoms with E-state index in [0.717, 1.165) is 6.08 Å². The van der Waals surface area contributed by atoms with Gasteiger partial charge in [0.05, 0.1) is 6.54 Å². The van der Waals surface area contributed by atoms with Crippen LogP contribution in [-0.2, 0) is 9.59 Å². The Kier molecular flexibility index (Phi) is 5.53. The van der Waals surface area contributed by atoms with E-state index in [-0.39, 0.29) is 12.5 Å². The molecule has 0 aliphatic carbocycles. The van der Waals surface area contributed by atoms with Gasteiger partial charge in [-0.15, -0.1) is 0 Å². The highest BCUT2D eigenvalue weighted by Crippen LogP contribution is 2.10. The van der Waals surface area contributed by atoms with E-state index in [2.05, 4.69) is 10.3 Å². The zero-order valence-electron chi connectivity index (χ0n) is 11.0. The van der Waals surface area contributed by atoms with Crippen LogP contribution in [0.5, 0.6) is 0 Å². The number of carboxylic acid groups (broad SMARTS) is 1. The van der Waals surface area contributed by atoms with Gasteiger partial charge in [0.15, 0.2) is 0 Å². The first-order valence-electron chi connectivity index (χ1n) is 5.87. The predicted molar refractivity (Wildman–Crippen MR) is 72.9 cm³/mol. The van der Waals surface area contributed by atoms with E-state index in [9.17, 15) is 9.59 Å². The van der Waals surface area contributed by atoms with Crippen LogP contribution in [0.3, 0.4) is 0 Å². The van der Waals surface area contributed by atoms with Crippen LogP contribution in [0.15, 0.2) is 24.4 Å². The topological polar surface area (TPSA) is 82.5 Å². The lowest BCUT2D eigenvalue weighted by molar-refractivity contribution is -0.131. The molecule has 102 valence electrons. The number of nitrogens with zero attached hydrogens (tertiary/aromatic N) is 2. The normalized spacial score (nSPS) is 10.4. The summed E-state index contributed by atoms with van der Waals surface area (Å²) in [6.07, 6.45) is 4.07. The molecule has 0 spiro atoms. The van der Waals surface area contributed by atoms with Crippen LogP contribution in [0.1, 0.15) is 12.5 Å². The van der Waals surface area contributed by atoms with Crippen LogP contribution in [0.25, 0.3) is 6.08 Å².